The van der Waals surface area contributed by atoms with Crippen LogP contribution in [-0.4, -0.2) is 36.5 Å². The minimum absolute atomic E-state index is 0.170. The van der Waals surface area contributed by atoms with Gasteiger partial charge in [-0.2, -0.15) is 0 Å². The zero-order valence-electron chi connectivity index (χ0n) is 11.3. The zero-order valence-corrected chi connectivity index (χ0v) is 12.1. The van der Waals surface area contributed by atoms with E-state index in [1.807, 2.05) is 11.3 Å². The third-order valence-corrected chi connectivity index (χ3v) is 5.46. The Bertz CT molecular complexity index is 473. The Hall–Kier alpha value is -0.910. The van der Waals surface area contributed by atoms with E-state index in [2.05, 4.69) is 29.3 Å². The summed E-state index contributed by atoms with van der Waals surface area (Å²) in [4.78, 5) is 17.0. The summed E-state index contributed by atoms with van der Waals surface area (Å²) in [6, 6.07) is 4.93. The van der Waals surface area contributed by atoms with E-state index in [1.54, 1.807) is 0 Å². The van der Waals surface area contributed by atoms with Crippen molar-refractivity contribution in [1.29, 1.82) is 0 Å². The summed E-state index contributed by atoms with van der Waals surface area (Å²) in [6.07, 6.45) is 2.11. The Labute approximate surface area is 118 Å². The van der Waals surface area contributed by atoms with Gasteiger partial charge in [0.15, 0.2) is 0 Å². The van der Waals surface area contributed by atoms with E-state index < -0.39 is 0 Å². The minimum atomic E-state index is 0.170. The molecule has 2 aliphatic rings. The van der Waals surface area contributed by atoms with Crippen LogP contribution in [0, 0.1) is 12.8 Å². The van der Waals surface area contributed by atoms with Crippen LogP contribution >= 0.6 is 11.3 Å². The summed E-state index contributed by atoms with van der Waals surface area (Å²) >= 11 is 1.82. The Morgan fingerprint density at radius 3 is 3.11 bits per heavy atom. The monoisotopic (exact) mass is 279 g/mol. The Morgan fingerprint density at radius 2 is 2.42 bits per heavy atom. The van der Waals surface area contributed by atoms with E-state index >= 15 is 0 Å². The highest BCUT2D eigenvalue weighted by Crippen LogP contribution is 2.35. The Kier molecular flexibility index (Phi) is 3.60. The van der Waals surface area contributed by atoms with Gasteiger partial charge >= 0.3 is 0 Å². The molecule has 0 spiro atoms. The first-order valence-electron chi connectivity index (χ1n) is 7.00. The average molecular weight is 279 g/mol. The molecular weight excluding hydrogens is 258 g/mol. The topological polar surface area (TPSA) is 58.4 Å². The highest BCUT2D eigenvalue weighted by Gasteiger charge is 2.43. The van der Waals surface area contributed by atoms with E-state index in [-0.39, 0.29) is 17.9 Å². The molecule has 1 amide bonds. The summed E-state index contributed by atoms with van der Waals surface area (Å²) in [7, 11) is 0. The van der Waals surface area contributed by atoms with Crippen LogP contribution in [0.3, 0.4) is 0 Å². The molecule has 2 aliphatic heterocycles. The third-order valence-electron chi connectivity index (χ3n) is 4.36. The number of carbonyl (C=O) groups excluding carboxylic acids is 1. The molecule has 1 aromatic heterocycles. The Morgan fingerprint density at radius 1 is 1.58 bits per heavy atom. The van der Waals surface area contributed by atoms with E-state index in [1.165, 1.54) is 9.75 Å². The summed E-state index contributed by atoms with van der Waals surface area (Å²) in [5, 5.41) is 3.01. The number of carbonyl (C=O) groups is 1. The molecule has 0 saturated carbocycles. The number of nitrogens with two attached hydrogens (primary N) is 1. The van der Waals surface area contributed by atoms with Crippen molar-refractivity contribution < 1.29 is 4.79 Å². The van der Waals surface area contributed by atoms with E-state index in [9.17, 15) is 4.79 Å². The maximum Gasteiger partial charge on any atom is 0.224 e. The molecule has 3 heterocycles. The van der Waals surface area contributed by atoms with E-state index in [0.717, 1.165) is 25.9 Å². The molecule has 0 bridgehead atoms. The van der Waals surface area contributed by atoms with Crippen molar-refractivity contribution in [3.8, 4) is 0 Å². The molecular formula is C14H21N3OS. The predicted octanol–water partition coefficient (Wildman–Crippen LogP) is 1.27. The van der Waals surface area contributed by atoms with Crippen LogP contribution in [0.2, 0.25) is 0 Å². The molecule has 0 aliphatic carbocycles. The van der Waals surface area contributed by atoms with E-state index in [4.69, 9.17) is 5.73 Å². The van der Waals surface area contributed by atoms with Crippen LogP contribution < -0.4 is 11.1 Å². The standard InChI is InChI=1S/C14H21N3OS/c1-9-4-5-13(19-9)11(7-15)17-6-2-3-10-12(17)8-16-14(10)18/h4-5,10-12H,2-3,6-8,15H2,1H3,(H,16,18). The number of nitrogens with one attached hydrogen (secondary N) is 1. The molecule has 19 heavy (non-hydrogen) atoms. The first kappa shape index (κ1) is 13.1. The van der Waals surface area contributed by atoms with Gasteiger partial charge in [-0.3, -0.25) is 9.69 Å². The number of likely N-dealkylation sites (tertiary alicyclic amines) is 1. The second-order valence-electron chi connectivity index (χ2n) is 5.50. The molecule has 0 radical (unpaired) electrons. The van der Waals surface area contributed by atoms with Crippen molar-refractivity contribution in [2.45, 2.75) is 31.8 Å². The number of piperidine rings is 1. The van der Waals surface area contributed by atoms with Crippen molar-refractivity contribution in [1.82, 2.24) is 10.2 Å². The van der Waals surface area contributed by atoms with Gasteiger partial charge < -0.3 is 11.1 Å². The largest absolute Gasteiger partial charge is 0.354 e. The zero-order chi connectivity index (χ0) is 13.4. The van der Waals surface area contributed by atoms with Crippen LogP contribution in [0.25, 0.3) is 0 Å². The van der Waals surface area contributed by atoms with Gasteiger partial charge in [-0.15, -0.1) is 11.3 Å². The molecule has 2 saturated heterocycles. The lowest BCUT2D eigenvalue weighted by atomic mass is 9.90. The molecule has 2 fully saturated rings. The van der Waals surface area contributed by atoms with Crippen molar-refractivity contribution >= 4 is 17.2 Å². The van der Waals surface area contributed by atoms with Gasteiger partial charge in [-0.25, -0.2) is 0 Å². The minimum Gasteiger partial charge on any atom is -0.354 e. The fourth-order valence-electron chi connectivity index (χ4n) is 3.42. The number of aryl methyl sites for hydroxylation is 1. The fraction of sp³-hybridized carbons (Fsp3) is 0.643. The first-order chi connectivity index (χ1) is 9.20. The lowest BCUT2D eigenvalue weighted by Gasteiger charge is -2.40. The number of rotatable bonds is 3. The van der Waals surface area contributed by atoms with Gasteiger partial charge in [-0.1, -0.05) is 0 Å². The molecule has 3 N–H and O–H groups in total. The number of hydrogen-bond donors (Lipinski definition) is 2. The number of thiophene rings is 1. The second kappa shape index (κ2) is 5.23. The molecule has 3 unspecified atom stereocenters. The number of amides is 1. The quantitative estimate of drug-likeness (QED) is 0.876. The highest BCUT2D eigenvalue weighted by atomic mass is 32.1. The predicted molar refractivity (Wildman–Crippen MR) is 77.1 cm³/mol. The number of fused-ring (bicyclic) bond motifs is 1. The maximum atomic E-state index is 11.8. The maximum absolute atomic E-state index is 11.8. The molecule has 104 valence electrons. The average Bonchev–Trinajstić information content (AvgIpc) is 2.99. The van der Waals surface area contributed by atoms with Crippen LogP contribution in [0.1, 0.15) is 28.6 Å². The van der Waals surface area contributed by atoms with Crippen molar-refractivity contribution in [3.63, 3.8) is 0 Å². The van der Waals surface area contributed by atoms with Crippen LogP contribution in [0.4, 0.5) is 0 Å². The van der Waals surface area contributed by atoms with Gasteiger partial charge in [0, 0.05) is 28.9 Å². The number of nitrogens with zero attached hydrogens (tertiary/aromatic N) is 1. The molecule has 3 rings (SSSR count). The van der Waals surface area contributed by atoms with Crippen LogP contribution in [-0.2, 0) is 4.79 Å². The van der Waals surface area contributed by atoms with Crippen molar-refractivity contribution in [2.75, 3.05) is 19.6 Å². The van der Waals surface area contributed by atoms with Gasteiger partial charge in [0.05, 0.1) is 12.0 Å². The summed E-state index contributed by atoms with van der Waals surface area (Å²) in [5.74, 6) is 0.400. The van der Waals surface area contributed by atoms with Crippen LogP contribution in [0.15, 0.2) is 12.1 Å². The third kappa shape index (κ3) is 2.30. The molecule has 3 atom stereocenters. The van der Waals surface area contributed by atoms with Crippen molar-refractivity contribution in [3.05, 3.63) is 21.9 Å². The molecule has 5 heteroatoms. The van der Waals surface area contributed by atoms with Gasteiger partial charge in [-0.05, 0) is 38.4 Å². The molecule has 1 aromatic rings. The number of hydrogen-bond acceptors (Lipinski definition) is 4. The summed E-state index contributed by atoms with van der Waals surface area (Å²) in [5.41, 5.74) is 6.02. The highest BCUT2D eigenvalue weighted by molar-refractivity contribution is 7.12. The smallest absolute Gasteiger partial charge is 0.224 e. The molecule has 0 aromatic carbocycles. The van der Waals surface area contributed by atoms with E-state index in [0.29, 0.717) is 12.6 Å². The van der Waals surface area contributed by atoms with Gasteiger partial charge in [0.1, 0.15) is 0 Å². The van der Waals surface area contributed by atoms with Crippen LogP contribution in [0.5, 0.6) is 0 Å². The van der Waals surface area contributed by atoms with Crippen molar-refractivity contribution in [2.24, 2.45) is 11.7 Å². The Balaban J connectivity index is 1.84. The lowest BCUT2D eigenvalue weighted by molar-refractivity contribution is -0.124. The summed E-state index contributed by atoms with van der Waals surface area (Å²) in [6.45, 7) is 4.58. The molecule has 4 nitrogen and oxygen atoms in total. The first-order valence-corrected chi connectivity index (χ1v) is 7.82. The summed E-state index contributed by atoms with van der Waals surface area (Å²) < 4.78 is 0. The second-order valence-corrected chi connectivity index (χ2v) is 6.82. The lowest BCUT2D eigenvalue weighted by Crippen LogP contribution is -2.48. The normalized spacial score (nSPS) is 29.1. The fourth-order valence-corrected chi connectivity index (χ4v) is 4.43. The van der Waals surface area contributed by atoms with Gasteiger partial charge in [0.25, 0.3) is 0 Å². The van der Waals surface area contributed by atoms with Gasteiger partial charge in [0.2, 0.25) is 5.91 Å². The SMILES string of the molecule is Cc1ccc(C(CN)N2CCCC3C(=O)NCC32)s1.